The molecule has 2 aliphatic rings. The molecule has 1 saturated heterocycles. The summed E-state index contributed by atoms with van der Waals surface area (Å²) in [6.45, 7) is 5.24. The minimum absolute atomic E-state index is 0.0107. The van der Waals surface area contributed by atoms with Crippen LogP contribution in [0.5, 0.6) is 11.5 Å². The van der Waals surface area contributed by atoms with Gasteiger partial charge < -0.3 is 19.3 Å². The number of fused-ring (bicyclic) bond motifs is 1. The second kappa shape index (κ2) is 7.05. The summed E-state index contributed by atoms with van der Waals surface area (Å²) in [5.74, 6) is 1.77. The van der Waals surface area contributed by atoms with Gasteiger partial charge in [0.2, 0.25) is 10.0 Å². The Hall–Kier alpha value is -2.26. The number of benzene rings is 1. The van der Waals surface area contributed by atoms with Gasteiger partial charge in [0.25, 0.3) is 0 Å². The highest BCUT2D eigenvalue weighted by atomic mass is 32.2. The van der Waals surface area contributed by atoms with E-state index in [1.165, 1.54) is 4.31 Å². The van der Waals surface area contributed by atoms with Crippen molar-refractivity contribution in [3.63, 3.8) is 0 Å². The molecular weight excluding hydrogens is 370 g/mol. The fourth-order valence-electron chi connectivity index (χ4n) is 3.62. The van der Waals surface area contributed by atoms with E-state index in [4.69, 9.17) is 14.0 Å². The number of nitrogens with one attached hydrogen (secondary N) is 1. The molecule has 0 radical (unpaired) electrons. The maximum atomic E-state index is 13.0. The summed E-state index contributed by atoms with van der Waals surface area (Å²) in [6.07, 6.45) is 1.67. The Bertz CT molecular complexity index is 921. The molecule has 1 N–H and O–H groups in total. The van der Waals surface area contributed by atoms with Crippen molar-refractivity contribution >= 4 is 15.7 Å². The lowest BCUT2D eigenvalue weighted by molar-refractivity contribution is 0.171. The topological polar surface area (TPSA) is 93.9 Å². The van der Waals surface area contributed by atoms with Crippen molar-refractivity contribution in [3.8, 4) is 11.5 Å². The van der Waals surface area contributed by atoms with E-state index >= 15 is 0 Å². The number of aromatic nitrogens is 1. The second-order valence-electron chi connectivity index (χ2n) is 6.86. The van der Waals surface area contributed by atoms with Crippen molar-refractivity contribution < 1.29 is 22.4 Å². The monoisotopic (exact) mass is 393 g/mol. The van der Waals surface area contributed by atoms with Crippen LogP contribution in [0.25, 0.3) is 0 Å². The molecule has 4 rings (SSSR count). The SMILES string of the molecule is Cc1noc(C)c1S(=O)(=O)N1CCC[C@@H](Nc2ccc3c(c2)OCCO3)C1. The lowest BCUT2D eigenvalue weighted by Crippen LogP contribution is -2.45. The van der Waals surface area contributed by atoms with Crippen LogP contribution in [-0.2, 0) is 10.0 Å². The van der Waals surface area contributed by atoms with Gasteiger partial charge in [-0.25, -0.2) is 8.42 Å². The van der Waals surface area contributed by atoms with Crippen LogP contribution in [0.2, 0.25) is 0 Å². The first-order chi connectivity index (χ1) is 12.9. The summed E-state index contributed by atoms with van der Waals surface area (Å²) in [7, 11) is -3.63. The van der Waals surface area contributed by atoms with Crippen LogP contribution in [0.4, 0.5) is 5.69 Å². The first kappa shape index (κ1) is 18.1. The molecule has 146 valence electrons. The third-order valence-electron chi connectivity index (χ3n) is 4.86. The summed E-state index contributed by atoms with van der Waals surface area (Å²) in [5.41, 5.74) is 1.29. The molecule has 0 aliphatic carbocycles. The number of hydrogen-bond donors (Lipinski definition) is 1. The first-order valence-electron chi connectivity index (χ1n) is 9.04. The Kier molecular flexibility index (Phi) is 4.73. The molecule has 1 atom stereocenters. The van der Waals surface area contributed by atoms with Crippen molar-refractivity contribution in [1.82, 2.24) is 9.46 Å². The van der Waals surface area contributed by atoms with Gasteiger partial charge in [0.15, 0.2) is 17.3 Å². The van der Waals surface area contributed by atoms with E-state index < -0.39 is 10.0 Å². The van der Waals surface area contributed by atoms with Crippen molar-refractivity contribution in [3.05, 3.63) is 29.7 Å². The first-order valence-corrected chi connectivity index (χ1v) is 10.5. The summed E-state index contributed by atoms with van der Waals surface area (Å²) >= 11 is 0. The number of aryl methyl sites for hydroxylation is 2. The van der Waals surface area contributed by atoms with Gasteiger partial charge in [-0.3, -0.25) is 0 Å². The normalized spacial score (nSPS) is 20.4. The second-order valence-corrected chi connectivity index (χ2v) is 8.73. The molecule has 1 aromatic carbocycles. The summed E-state index contributed by atoms with van der Waals surface area (Å²) in [4.78, 5) is 0.183. The number of anilines is 1. The standard InChI is InChI=1S/C18H23N3O5S/c1-12-18(13(2)26-20-12)27(22,23)21-7-3-4-15(11-21)19-14-5-6-16-17(10-14)25-9-8-24-16/h5-6,10,15,19H,3-4,7-9,11H2,1-2H3/t15-/m1/s1. The van der Waals surface area contributed by atoms with Crippen LogP contribution in [0.3, 0.4) is 0 Å². The summed E-state index contributed by atoms with van der Waals surface area (Å²) in [6, 6.07) is 5.71. The molecule has 0 bridgehead atoms. The molecule has 0 amide bonds. The molecule has 0 saturated carbocycles. The Morgan fingerprint density at radius 2 is 1.96 bits per heavy atom. The van der Waals surface area contributed by atoms with Crippen LogP contribution in [-0.4, -0.2) is 50.2 Å². The predicted molar refractivity (Wildman–Crippen MR) is 98.8 cm³/mol. The lowest BCUT2D eigenvalue weighted by atomic mass is 10.1. The third kappa shape index (κ3) is 3.49. The number of piperidine rings is 1. The fourth-order valence-corrected chi connectivity index (χ4v) is 5.43. The van der Waals surface area contributed by atoms with Crippen LogP contribution in [0.1, 0.15) is 24.3 Å². The van der Waals surface area contributed by atoms with Crippen molar-refractivity contribution in [1.29, 1.82) is 0 Å². The predicted octanol–water partition coefficient (Wildman–Crippen LogP) is 2.33. The van der Waals surface area contributed by atoms with Crippen LogP contribution < -0.4 is 14.8 Å². The van der Waals surface area contributed by atoms with E-state index in [2.05, 4.69) is 10.5 Å². The molecule has 0 unspecified atom stereocenters. The van der Waals surface area contributed by atoms with Gasteiger partial charge in [0.05, 0.1) is 0 Å². The van der Waals surface area contributed by atoms with E-state index in [-0.39, 0.29) is 10.9 Å². The minimum Gasteiger partial charge on any atom is -0.486 e. The molecule has 27 heavy (non-hydrogen) atoms. The highest BCUT2D eigenvalue weighted by Gasteiger charge is 2.34. The van der Waals surface area contributed by atoms with Gasteiger partial charge in [0.1, 0.15) is 23.8 Å². The number of hydrogen-bond acceptors (Lipinski definition) is 7. The highest BCUT2D eigenvalue weighted by Crippen LogP contribution is 2.33. The van der Waals surface area contributed by atoms with E-state index in [1.807, 2.05) is 18.2 Å². The van der Waals surface area contributed by atoms with E-state index in [9.17, 15) is 8.42 Å². The van der Waals surface area contributed by atoms with Crippen molar-refractivity contribution in [2.75, 3.05) is 31.6 Å². The largest absolute Gasteiger partial charge is 0.486 e. The van der Waals surface area contributed by atoms with Crippen LogP contribution >= 0.6 is 0 Å². The minimum atomic E-state index is -3.63. The molecule has 3 heterocycles. The zero-order valence-corrected chi connectivity index (χ0v) is 16.2. The van der Waals surface area contributed by atoms with E-state index in [0.717, 1.165) is 24.3 Å². The van der Waals surface area contributed by atoms with Crippen molar-refractivity contribution in [2.45, 2.75) is 37.6 Å². The maximum Gasteiger partial charge on any atom is 0.248 e. The smallest absolute Gasteiger partial charge is 0.248 e. The zero-order valence-electron chi connectivity index (χ0n) is 15.4. The molecule has 1 aromatic heterocycles. The summed E-state index contributed by atoms with van der Waals surface area (Å²) in [5, 5.41) is 7.21. The number of rotatable bonds is 4. The van der Waals surface area contributed by atoms with Gasteiger partial charge in [-0.15, -0.1) is 0 Å². The van der Waals surface area contributed by atoms with E-state index in [1.54, 1.807) is 13.8 Å². The average molecular weight is 393 g/mol. The average Bonchev–Trinajstić information content (AvgIpc) is 3.01. The van der Waals surface area contributed by atoms with Gasteiger partial charge in [-0.1, -0.05) is 5.16 Å². The molecule has 9 heteroatoms. The number of sulfonamides is 1. The summed E-state index contributed by atoms with van der Waals surface area (Å²) < 4.78 is 43.8. The lowest BCUT2D eigenvalue weighted by Gasteiger charge is -2.33. The van der Waals surface area contributed by atoms with Gasteiger partial charge in [-0.2, -0.15) is 4.31 Å². The maximum absolute atomic E-state index is 13.0. The molecule has 0 spiro atoms. The quantitative estimate of drug-likeness (QED) is 0.852. The van der Waals surface area contributed by atoms with Crippen LogP contribution in [0, 0.1) is 13.8 Å². The van der Waals surface area contributed by atoms with Crippen LogP contribution in [0.15, 0.2) is 27.6 Å². The third-order valence-corrected chi connectivity index (χ3v) is 6.97. The van der Waals surface area contributed by atoms with Gasteiger partial charge >= 0.3 is 0 Å². The molecule has 2 aliphatic heterocycles. The molecule has 8 nitrogen and oxygen atoms in total. The van der Waals surface area contributed by atoms with E-state index in [0.29, 0.717) is 43.5 Å². The van der Waals surface area contributed by atoms with Crippen molar-refractivity contribution in [2.24, 2.45) is 0 Å². The fraction of sp³-hybridized carbons (Fsp3) is 0.500. The Balaban J connectivity index is 1.50. The molecule has 2 aromatic rings. The Morgan fingerprint density at radius 1 is 1.19 bits per heavy atom. The highest BCUT2D eigenvalue weighted by molar-refractivity contribution is 7.89. The number of nitrogens with zero attached hydrogens (tertiary/aromatic N) is 2. The Morgan fingerprint density at radius 3 is 2.70 bits per heavy atom. The zero-order chi connectivity index (χ0) is 19.0. The van der Waals surface area contributed by atoms with Gasteiger partial charge in [-0.05, 0) is 38.8 Å². The molecule has 1 fully saturated rings. The molecular formula is C18H23N3O5S. The van der Waals surface area contributed by atoms with Gasteiger partial charge in [0, 0.05) is 30.9 Å². The number of ether oxygens (including phenoxy) is 2. The Labute approximate surface area is 158 Å².